The molecule has 0 aliphatic carbocycles. The molecule has 0 N–H and O–H groups in total. The predicted octanol–water partition coefficient (Wildman–Crippen LogP) is 26.9. The van der Waals surface area contributed by atoms with Crippen molar-refractivity contribution in [3.05, 3.63) is 253 Å². The van der Waals surface area contributed by atoms with Crippen LogP contribution in [0.15, 0.2) is 253 Å². The normalized spacial score (nSPS) is 12.9. The van der Waals surface area contributed by atoms with E-state index < -0.39 is 0 Å². The Bertz CT molecular complexity index is 3790. The molecule has 6 aliphatic rings. The molecule has 0 amide bonds. The van der Waals surface area contributed by atoms with E-state index in [-0.39, 0.29) is 0 Å². The molecule has 566 valence electrons. The minimum atomic E-state index is 1.16. The monoisotopic (exact) mass is 1430 g/mol. The summed E-state index contributed by atoms with van der Waals surface area (Å²) in [5.74, 6) is 0. The van der Waals surface area contributed by atoms with Gasteiger partial charge < -0.3 is 58.4 Å². The van der Waals surface area contributed by atoms with Crippen LogP contribution in [0.1, 0.15) is 166 Å². The van der Waals surface area contributed by atoms with Gasteiger partial charge in [0, 0.05) is 90.6 Å². The summed E-state index contributed by atoms with van der Waals surface area (Å²) >= 11 is 0. The van der Waals surface area contributed by atoms with Crippen LogP contribution in [0.3, 0.4) is 0 Å². The summed E-state index contributed by atoms with van der Waals surface area (Å²) in [6.07, 6.45) is 0. The Morgan fingerprint density at radius 1 is 0.142 bits per heavy atom. The molecule has 0 saturated carbocycles. The number of fused-ring (bicyclic) bond motifs is 9. The zero-order valence-corrected chi connectivity index (χ0v) is 71.3. The van der Waals surface area contributed by atoms with E-state index >= 15 is 0 Å². The fraction of sp³-hybridized carbons (Fsp3) is 0.348. The van der Waals surface area contributed by atoms with Crippen LogP contribution < -0.4 is 58.4 Å². The highest BCUT2D eigenvalue weighted by molar-refractivity contribution is 6.53. The first kappa shape index (κ1) is 90.1. The molecular formula is C92H132B2N12. The molecule has 0 bridgehead atoms. The number of anilines is 18. The van der Waals surface area contributed by atoms with Crippen molar-refractivity contribution in [2.24, 2.45) is 0 Å². The maximum atomic E-state index is 2.31. The summed E-state index contributed by atoms with van der Waals surface area (Å²) in [5, 5.41) is 0. The minimum absolute atomic E-state index is 1.16. The Hall–Kier alpha value is -10.1. The number of nitrogens with zero attached hydrogens (tertiary/aromatic N) is 12. The highest BCUT2D eigenvalue weighted by Gasteiger charge is 2.35. The first-order valence-electron chi connectivity index (χ1n) is 39.2. The maximum Gasteiger partial charge on any atom is 0.401 e. The van der Waals surface area contributed by atoms with Gasteiger partial charge in [-0.1, -0.05) is 234 Å². The molecule has 0 spiro atoms. The summed E-state index contributed by atoms with van der Waals surface area (Å²) in [6, 6.07) is 76.8. The van der Waals surface area contributed by atoms with Gasteiger partial charge in [0.1, 0.15) is 0 Å². The Labute approximate surface area is 647 Å². The molecule has 12 nitrogen and oxygen atoms in total. The van der Waals surface area contributed by atoms with E-state index in [2.05, 4.69) is 390 Å². The van der Waals surface area contributed by atoms with Crippen LogP contribution in [0, 0.1) is 0 Å². The van der Waals surface area contributed by atoms with Crippen molar-refractivity contribution in [3.8, 4) is 0 Å². The smallest absolute Gasteiger partial charge is 0.369 e. The second kappa shape index (κ2) is 45.3. The summed E-state index contributed by atoms with van der Waals surface area (Å²) in [6.45, 7) is 49.0. The van der Waals surface area contributed by atoms with Gasteiger partial charge in [0.05, 0.1) is 102 Å². The molecule has 0 atom stereocenters. The minimum Gasteiger partial charge on any atom is -0.369 e. The number of para-hydroxylation sites is 18. The average Bonchev–Trinajstić information content (AvgIpc) is 0.767. The van der Waals surface area contributed by atoms with Gasteiger partial charge in [0.15, 0.2) is 0 Å². The van der Waals surface area contributed by atoms with Gasteiger partial charge in [-0.2, -0.15) is 0 Å². The Kier molecular flexibility index (Phi) is 38.5. The van der Waals surface area contributed by atoms with Crippen molar-refractivity contribution in [1.29, 1.82) is 0 Å². The topological polar surface area (TPSA) is 38.9 Å². The largest absolute Gasteiger partial charge is 0.401 e. The van der Waals surface area contributed by atoms with E-state index in [4.69, 9.17) is 0 Å². The maximum absolute atomic E-state index is 2.31. The van der Waals surface area contributed by atoms with Crippen molar-refractivity contribution in [2.75, 3.05) is 115 Å². The van der Waals surface area contributed by atoms with Gasteiger partial charge in [-0.3, -0.25) is 0 Å². The van der Waals surface area contributed by atoms with Crippen LogP contribution in [-0.4, -0.2) is 71.5 Å². The molecule has 14 heteroatoms. The predicted molar refractivity (Wildman–Crippen MR) is 482 cm³/mol. The van der Waals surface area contributed by atoms with Gasteiger partial charge in [-0.15, -0.1) is 0 Å². The average molecular weight is 1430 g/mol. The zero-order chi connectivity index (χ0) is 79.7. The van der Waals surface area contributed by atoms with E-state index in [1.54, 1.807) is 0 Å². The van der Waals surface area contributed by atoms with Crippen LogP contribution in [0.5, 0.6) is 0 Å². The molecule has 0 aromatic heterocycles. The molecule has 0 fully saturated rings. The van der Waals surface area contributed by atoms with Crippen LogP contribution in [0.2, 0.25) is 0 Å². The second-order valence-corrected chi connectivity index (χ2v) is 23.1. The highest BCUT2D eigenvalue weighted by Crippen LogP contribution is 2.52. The molecule has 15 rings (SSSR count). The lowest BCUT2D eigenvalue weighted by Gasteiger charge is -2.43. The first-order chi connectivity index (χ1) is 51.6. The van der Waals surface area contributed by atoms with Gasteiger partial charge in [-0.25, -0.2) is 0 Å². The lowest BCUT2D eigenvalue weighted by Crippen LogP contribution is -2.46. The first-order valence-corrected chi connectivity index (χ1v) is 39.2. The molecule has 0 unspecified atom stereocenters. The molecule has 106 heavy (non-hydrogen) atoms. The summed E-state index contributed by atoms with van der Waals surface area (Å²) in [5.41, 5.74) is 29.4. The summed E-state index contributed by atoms with van der Waals surface area (Å²) in [4.78, 5) is 27.3. The molecule has 0 saturated heterocycles. The fourth-order valence-corrected chi connectivity index (χ4v) is 12.8. The van der Waals surface area contributed by atoms with Crippen LogP contribution in [0.4, 0.5) is 102 Å². The lowest BCUT2D eigenvalue weighted by atomic mass is 9.92. The zero-order valence-electron chi connectivity index (χ0n) is 71.3. The molecule has 2 radical (unpaired) electrons. The van der Waals surface area contributed by atoms with Gasteiger partial charge >= 0.3 is 15.1 Å². The number of hydrogen-bond acceptors (Lipinski definition) is 12. The van der Waals surface area contributed by atoms with E-state index in [1.165, 1.54) is 114 Å². The third kappa shape index (κ3) is 19.3. The van der Waals surface area contributed by atoms with Gasteiger partial charge in [0.2, 0.25) is 0 Å². The van der Waals surface area contributed by atoms with E-state index in [0.29, 0.717) is 0 Å². The lowest BCUT2D eigenvalue weighted by molar-refractivity contribution is 0.943. The Morgan fingerprint density at radius 3 is 0.415 bits per heavy atom. The number of hydrogen-bond donors (Lipinski definition) is 0. The summed E-state index contributed by atoms with van der Waals surface area (Å²) < 4.78 is 0. The quantitative estimate of drug-likeness (QED) is 0.158. The second-order valence-electron chi connectivity index (χ2n) is 23.1. The number of rotatable bonds is 4. The molecular weight excluding hydrogens is 1290 g/mol. The van der Waals surface area contributed by atoms with Crippen molar-refractivity contribution in [1.82, 2.24) is 0 Å². The third-order valence-corrected chi connectivity index (χ3v) is 18.6. The van der Waals surface area contributed by atoms with E-state index in [9.17, 15) is 0 Å². The van der Waals surface area contributed by atoms with Crippen molar-refractivity contribution >= 4 is 117 Å². The fourth-order valence-electron chi connectivity index (χ4n) is 12.8. The molecule has 6 aliphatic heterocycles. The van der Waals surface area contributed by atoms with Gasteiger partial charge in [0.25, 0.3) is 0 Å². The third-order valence-electron chi connectivity index (χ3n) is 18.6. The van der Waals surface area contributed by atoms with Crippen molar-refractivity contribution < 1.29 is 0 Å². The highest BCUT2D eigenvalue weighted by atomic mass is 15.3. The number of benzene rings is 9. The van der Waals surface area contributed by atoms with Crippen LogP contribution in [0.25, 0.3) is 0 Å². The SMILES string of the molecule is CC.CC.CC.CC.CC.CC.CC.CC.CC.CC1=C(C)N(C)c2ccccc2N1C.CC1=C(C)N([B]N2C(C)=C(C)N(C)c3ccccc32)c2ccccc2N1C.CN1c2ccccc2N(C)c2ccccc21.CN1c2ccccc2N([B]N2c3ccccc3N(C)c3ccccc32)c2ccccc21. The molecule has 9 aromatic carbocycles. The Morgan fingerprint density at radius 2 is 0.245 bits per heavy atom. The molecule has 6 heterocycles. The van der Waals surface area contributed by atoms with Crippen molar-refractivity contribution in [2.45, 2.75) is 166 Å². The van der Waals surface area contributed by atoms with E-state index in [0.717, 1.165) is 22.7 Å². The van der Waals surface area contributed by atoms with Gasteiger partial charge in [-0.05, 0) is 151 Å². The van der Waals surface area contributed by atoms with E-state index in [1.807, 2.05) is 125 Å². The Balaban J connectivity index is 0.000000354. The number of allylic oxidation sites excluding steroid dienone is 6. The standard InChI is InChI=1S/C26H22BN4.C22H26BN4.C14H14N2.C12H16N2.9C2H6/c1-28-19-11-3-7-15-23(19)30(24-16-8-4-12-20(24)28)27-31-25-17-9-5-13-21(25)29(2)22-14-6-10-18-26(22)31;1-15-17(3)26(21-13-9-7-11-19(21)24(15)5)23-27-18(4)16(2)25(6)20-12-8-10-14-22(20)27;1-15-11-7-3-5-9-13(11)16(2)14-10-6-4-8-12(14)15;1-9-10(2)14(4)12-8-6-5-7-11(12)13(9)3;9*1-2/h3-18H,1-2H3;7-14H,1-6H3;3-10H,1-2H3;5-8H,1-4H3;9*1-2H3. The van der Waals surface area contributed by atoms with Crippen LogP contribution >= 0.6 is 0 Å². The molecule has 9 aromatic rings. The van der Waals surface area contributed by atoms with Crippen LogP contribution in [-0.2, 0) is 0 Å². The summed E-state index contributed by atoms with van der Waals surface area (Å²) in [7, 11) is 21.5. The van der Waals surface area contributed by atoms with Crippen molar-refractivity contribution in [3.63, 3.8) is 0 Å².